The van der Waals surface area contributed by atoms with E-state index in [-0.39, 0.29) is 36.5 Å². The Balaban J connectivity index is 0.00000363. The third-order valence-electron chi connectivity index (χ3n) is 5.12. The summed E-state index contributed by atoms with van der Waals surface area (Å²) in [5, 5.41) is 3.37. The predicted octanol–water partition coefficient (Wildman–Crippen LogP) is 3.14. The van der Waals surface area contributed by atoms with Crippen LogP contribution in [0.25, 0.3) is 0 Å². The fourth-order valence-electron chi connectivity index (χ4n) is 3.53. The van der Waals surface area contributed by atoms with Crippen molar-refractivity contribution in [1.82, 2.24) is 10.2 Å². The summed E-state index contributed by atoms with van der Waals surface area (Å²) in [6.07, 6.45) is 0.777. The minimum absolute atomic E-state index is 0. The van der Waals surface area contributed by atoms with Gasteiger partial charge in [-0.15, -0.1) is 24.0 Å². The number of carbonyl (C=O) groups excluding carboxylic acids is 1. The molecule has 0 unspecified atom stereocenters. The molecule has 0 aromatic heterocycles. The SMILES string of the molecule is CN=C(NCCCN1C(=O)COc2ccccc21)N(C)Cc1ccc(OC)cc1OC.I. The number of ether oxygens (including phenoxy) is 3. The third kappa shape index (κ3) is 6.18. The summed E-state index contributed by atoms with van der Waals surface area (Å²) in [6.45, 7) is 2.00. The molecule has 9 heteroatoms. The number of rotatable bonds is 8. The highest BCUT2D eigenvalue weighted by Crippen LogP contribution is 2.31. The molecule has 32 heavy (non-hydrogen) atoms. The van der Waals surface area contributed by atoms with Gasteiger partial charge in [-0.05, 0) is 30.7 Å². The van der Waals surface area contributed by atoms with Gasteiger partial charge in [-0.2, -0.15) is 0 Å². The Hall–Kier alpha value is -2.69. The monoisotopic (exact) mass is 554 g/mol. The number of aliphatic imine (C=N–C) groups is 1. The van der Waals surface area contributed by atoms with Crippen molar-refractivity contribution in [2.24, 2.45) is 4.99 Å². The second-order valence-electron chi connectivity index (χ2n) is 7.16. The minimum Gasteiger partial charge on any atom is -0.497 e. The zero-order valence-electron chi connectivity index (χ0n) is 19.0. The molecule has 0 saturated carbocycles. The van der Waals surface area contributed by atoms with E-state index < -0.39 is 0 Å². The maximum absolute atomic E-state index is 12.3. The number of nitrogens with zero attached hydrogens (tertiary/aromatic N) is 3. The van der Waals surface area contributed by atoms with E-state index in [1.807, 2.05) is 54.4 Å². The average molecular weight is 554 g/mol. The molecule has 174 valence electrons. The summed E-state index contributed by atoms with van der Waals surface area (Å²) >= 11 is 0. The summed E-state index contributed by atoms with van der Waals surface area (Å²) in [6, 6.07) is 13.4. The summed E-state index contributed by atoms with van der Waals surface area (Å²) < 4.78 is 16.3. The van der Waals surface area contributed by atoms with Crippen LogP contribution in [0.15, 0.2) is 47.5 Å². The molecule has 1 amide bonds. The lowest BCUT2D eigenvalue weighted by atomic mass is 10.2. The molecule has 8 nitrogen and oxygen atoms in total. The van der Waals surface area contributed by atoms with Gasteiger partial charge in [0, 0.05) is 45.4 Å². The molecular formula is C23H31IN4O4. The lowest BCUT2D eigenvalue weighted by Crippen LogP contribution is -2.42. The highest BCUT2D eigenvalue weighted by Gasteiger charge is 2.24. The number of anilines is 1. The number of benzene rings is 2. The quantitative estimate of drug-likeness (QED) is 0.234. The smallest absolute Gasteiger partial charge is 0.265 e. The molecule has 1 aliphatic heterocycles. The number of fused-ring (bicyclic) bond motifs is 1. The topological polar surface area (TPSA) is 75.6 Å². The van der Waals surface area contributed by atoms with E-state index >= 15 is 0 Å². The van der Waals surface area contributed by atoms with Crippen molar-refractivity contribution < 1.29 is 19.0 Å². The fraction of sp³-hybridized carbons (Fsp3) is 0.391. The number of hydrogen-bond acceptors (Lipinski definition) is 5. The Labute approximate surface area is 206 Å². The van der Waals surface area contributed by atoms with E-state index in [1.165, 1.54) is 0 Å². The van der Waals surface area contributed by atoms with Crippen molar-refractivity contribution in [2.45, 2.75) is 13.0 Å². The number of nitrogens with one attached hydrogen (secondary N) is 1. The molecule has 3 rings (SSSR count). The van der Waals surface area contributed by atoms with Gasteiger partial charge in [0.05, 0.1) is 19.9 Å². The van der Waals surface area contributed by atoms with E-state index in [2.05, 4.69) is 10.3 Å². The normalized spacial score (nSPS) is 12.9. The van der Waals surface area contributed by atoms with Crippen molar-refractivity contribution in [3.63, 3.8) is 0 Å². The second-order valence-corrected chi connectivity index (χ2v) is 7.16. The molecule has 0 saturated heterocycles. The van der Waals surface area contributed by atoms with Crippen LogP contribution in [0.5, 0.6) is 17.2 Å². The van der Waals surface area contributed by atoms with Crippen LogP contribution in [-0.4, -0.2) is 64.8 Å². The molecule has 2 aromatic rings. The number of halogens is 1. The summed E-state index contributed by atoms with van der Waals surface area (Å²) in [5.74, 6) is 3.02. The first-order valence-corrected chi connectivity index (χ1v) is 10.2. The van der Waals surface area contributed by atoms with Crippen LogP contribution in [0.2, 0.25) is 0 Å². The lowest BCUT2D eigenvalue weighted by molar-refractivity contribution is -0.121. The molecule has 0 spiro atoms. The van der Waals surface area contributed by atoms with Crippen molar-refractivity contribution in [1.29, 1.82) is 0 Å². The highest BCUT2D eigenvalue weighted by molar-refractivity contribution is 14.0. The number of hydrogen-bond donors (Lipinski definition) is 1. The van der Waals surface area contributed by atoms with Crippen molar-refractivity contribution >= 4 is 41.5 Å². The Morgan fingerprint density at radius 2 is 2.00 bits per heavy atom. The molecular weight excluding hydrogens is 523 g/mol. The standard InChI is InChI=1S/C23H30N4O4.HI/c1-24-23(26(2)15-17-10-11-18(29-3)14-21(17)30-4)25-12-7-13-27-19-8-5-6-9-20(19)31-16-22(27)28;/h5-6,8-11,14H,7,12-13,15-16H2,1-4H3,(H,24,25);1H. The van der Waals surface area contributed by atoms with Crippen molar-refractivity contribution in [2.75, 3.05) is 52.9 Å². The van der Waals surface area contributed by atoms with Crippen LogP contribution < -0.4 is 24.4 Å². The summed E-state index contributed by atoms with van der Waals surface area (Å²) in [5.41, 5.74) is 1.86. The molecule has 0 fully saturated rings. The van der Waals surface area contributed by atoms with Crippen LogP contribution in [0.1, 0.15) is 12.0 Å². The van der Waals surface area contributed by atoms with Gasteiger partial charge in [-0.25, -0.2) is 0 Å². The van der Waals surface area contributed by atoms with Gasteiger partial charge < -0.3 is 29.3 Å². The highest BCUT2D eigenvalue weighted by atomic mass is 127. The molecule has 1 aliphatic rings. The average Bonchev–Trinajstić information content (AvgIpc) is 2.80. The van der Waals surface area contributed by atoms with Gasteiger partial charge in [0.25, 0.3) is 5.91 Å². The van der Waals surface area contributed by atoms with Crippen LogP contribution in [0, 0.1) is 0 Å². The molecule has 1 heterocycles. The Kier molecular flexibility index (Phi) is 9.89. The van der Waals surface area contributed by atoms with Gasteiger partial charge in [0.1, 0.15) is 17.2 Å². The van der Waals surface area contributed by atoms with Crippen molar-refractivity contribution in [3.8, 4) is 17.2 Å². The van der Waals surface area contributed by atoms with E-state index in [0.29, 0.717) is 19.6 Å². The fourth-order valence-corrected chi connectivity index (χ4v) is 3.53. The Bertz CT molecular complexity index is 938. The van der Waals surface area contributed by atoms with Crippen LogP contribution in [0.3, 0.4) is 0 Å². The van der Waals surface area contributed by atoms with E-state index in [1.54, 1.807) is 26.2 Å². The molecule has 0 bridgehead atoms. The first kappa shape index (κ1) is 25.6. The van der Waals surface area contributed by atoms with Gasteiger partial charge in [-0.1, -0.05) is 12.1 Å². The largest absolute Gasteiger partial charge is 0.497 e. The zero-order chi connectivity index (χ0) is 22.2. The number of guanidine groups is 1. The van der Waals surface area contributed by atoms with E-state index in [4.69, 9.17) is 14.2 Å². The van der Waals surface area contributed by atoms with Gasteiger partial charge in [0.2, 0.25) is 0 Å². The molecule has 2 aromatic carbocycles. The summed E-state index contributed by atoms with van der Waals surface area (Å²) in [7, 11) is 7.01. The Morgan fingerprint density at radius 3 is 2.72 bits per heavy atom. The van der Waals surface area contributed by atoms with E-state index in [9.17, 15) is 4.79 Å². The van der Waals surface area contributed by atoms with Crippen LogP contribution in [-0.2, 0) is 11.3 Å². The molecule has 0 radical (unpaired) electrons. The van der Waals surface area contributed by atoms with Crippen LogP contribution >= 0.6 is 24.0 Å². The first-order valence-electron chi connectivity index (χ1n) is 10.2. The van der Waals surface area contributed by atoms with E-state index in [0.717, 1.165) is 40.9 Å². The number of carbonyl (C=O) groups is 1. The lowest BCUT2D eigenvalue weighted by Gasteiger charge is -2.29. The number of para-hydroxylation sites is 2. The number of amides is 1. The number of methoxy groups -OCH3 is 2. The van der Waals surface area contributed by atoms with Gasteiger partial charge in [-0.3, -0.25) is 9.79 Å². The van der Waals surface area contributed by atoms with Gasteiger partial charge in [0.15, 0.2) is 12.6 Å². The third-order valence-corrected chi connectivity index (χ3v) is 5.12. The maximum atomic E-state index is 12.3. The zero-order valence-corrected chi connectivity index (χ0v) is 21.3. The summed E-state index contributed by atoms with van der Waals surface area (Å²) in [4.78, 5) is 20.5. The maximum Gasteiger partial charge on any atom is 0.265 e. The van der Waals surface area contributed by atoms with Gasteiger partial charge >= 0.3 is 0 Å². The second kappa shape index (κ2) is 12.4. The molecule has 0 atom stereocenters. The molecule has 0 aliphatic carbocycles. The molecule has 1 N–H and O–H groups in total. The minimum atomic E-state index is -0.0215. The predicted molar refractivity (Wildman–Crippen MR) is 137 cm³/mol. The van der Waals surface area contributed by atoms with Crippen LogP contribution in [0.4, 0.5) is 5.69 Å². The van der Waals surface area contributed by atoms with Crippen molar-refractivity contribution in [3.05, 3.63) is 48.0 Å². The first-order chi connectivity index (χ1) is 15.1. The Morgan fingerprint density at radius 1 is 1.22 bits per heavy atom.